The minimum atomic E-state index is 0.329. The smallest absolute Gasteiger partial charge is 0.106 e. The molecule has 0 aliphatic carbocycles. The number of nitrogens with zero attached hydrogens (tertiary/aromatic N) is 2. The highest BCUT2D eigenvalue weighted by atomic mass is 32.1. The summed E-state index contributed by atoms with van der Waals surface area (Å²) in [5.41, 5.74) is 6.70. The van der Waals surface area contributed by atoms with Crippen molar-refractivity contribution in [3.63, 3.8) is 0 Å². The van der Waals surface area contributed by atoms with Crippen LogP contribution < -0.4 is 5.73 Å². The highest BCUT2D eigenvalue weighted by molar-refractivity contribution is 7.09. The fraction of sp³-hybridized carbons (Fsp3) is 0.727. The van der Waals surface area contributed by atoms with E-state index in [0.29, 0.717) is 12.6 Å². The first-order valence-electron chi connectivity index (χ1n) is 5.75. The number of hydrogen-bond donors (Lipinski definition) is 1. The van der Waals surface area contributed by atoms with Crippen LogP contribution in [0.1, 0.15) is 24.0 Å². The summed E-state index contributed by atoms with van der Waals surface area (Å²) in [5, 5.41) is 3.13. The molecule has 0 amide bonds. The largest absolute Gasteiger partial charge is 0.377 e. The lowest BCUT2D eigenvalue weighted by Crippen LogP contribution is -2.29. The third kappa shape index (κ3) is 3.25. The van der Waals surface area contributed by atoms with Gasteiger partial charge in [-0.3, -0.25) is 4.90 Å². The molecule has 5 heteroatoms. The van der Waals surface area contributed by atoms with Crippen molar-refractivity contribution in [3.05, 3.63) is 16.1 Å². The normalized spacial score (nSPS) is 23.2. The van der Waals surface area contributed by atoms with Gasteiger partial charge in [-0.1, -0.05) is 0 Å². The van der Waals surface area contributed by atoms with Crippen LogP contribution in [0.2, 0.25) is 0 Å². The van der Waals surface area contributed by atoms with Crippen molar-refractivity contribution in [1.82, 2.24) is 9.88 Å². The molecule has 0 aromatic carbocycles. The van der Waals surface area contributed by atoms with Crippen molar-refractivity contribution in [2.75, 3.05) is 19.7 Å². The summed E-state index contributed by atoms with van der Waals surface area (Å²) in [6.45, 7) is 6.57. The number of nitrogens with two attached hydrogens (primary N) is 1. The van der Waals surface area contributed by atoms with Gasteiger partial charge >= 0.3 is 0 Å². The van der Waals surface area contributed by atoms with Crippen molar-refractivity contribution in [1.29, 1.82) is 0 Å². The van der Waals surface area contributed by atoms with Crippen molar-refractivity contribution in [2.24, 2.45) is 5.73 Å². The Kier molecular flexibility index (Phi) is 4.29. The van der Waals surface area contributed by atoms with Crippen LogP contribution in [0, 0.1) is 0 Å². The van der Waals surface area contributed by atoms with Crippen LogP contribution in [0.15, 0.2) is 5.38 Å². The average molecular weight is 241 g/mol. The van der Waals surface area contributed by atoms with Gasteiger partial charge in [0.05, 0.1) is 11.8 Å². The summed E-state index contributed by atoms with van der Waals surface area (Å²) in [6, 6.07) is 0. The number of hydrogen-bond acceptors (Lipinski definition) is 5. The Morgan fingerprint density at radius 2 is 2.56 bits per heavy atom. The highest BCUT2D eigenvalue weighted by Gasteiger charge is 2.15. The topological polar surface area (TPSA) is 51.4 Å². The lowest BCUT2D eigenvalue weighted by molar-refractivity contribution is 0.0666. The molecule has 1 aliphatic rings. The fourth-order valence-corrected chi connectivity index (χ4v) is 2.63. The Balaban J connectivity index is 1.92. The Morgan fingerprint density at radius 3 is 3.31 bits per heavy atom. The number of thiazole rings is 1. The molecule has 0 bridgehead atoms. The molecule has 1 aromatic heterocycles. The van der Waals surface area contributed by atoms with Crippen LogP contribution >= 0.6 is 11.3 Å². The van der Waals surface area contributed by atoms with E-state index in [9.17, 15) is 0 Å². The second-order valence-electron chi connectivity index (χ2n) is 4.21. The quantitative estimate of drug-likeness (QED) is 0.864. The molecule has 1 saturated heterocycles. The van der Waals surface area contributed by atoms with Crippen molar-refractivity contribution < 1.29 is 4.74 Å². The van der Waals surface area contributed by atoms with E-state index in [4.69, 9.17) is 10.5 Å². The van der Waals surface area contributed by atoms with Gasteiger partial charge < -0.3 is 10.5 Å². The molecule has 1 aliphatic heterocycles. The molecule has 1 fully saturated rings. The van der Waals surface area contributed by atoms with Gasteiger partial charge in [0.1, 0.15) is 5.01 Å². The van der Waals surface area contributed by atoms with E-state index in [-0.39, 0.29) is 0 Å². The number of ether oxygens (including phenoxy) is 1. The SMILES string of the molecule is CC1CN(Cc2csc(CN)n2)CCCO1. The Hall–Kier alpha value is -0.490. The molecule has 1 aromatic rings. The average Bonchev–Trinajstić information content (AvgIpc) is 2.62. The van der Waals surface area contributed by atoms with Crippen molar-refractivity contribution >= 4 is 11.3 Å². The Labute approximate surface area is 100 Å². The molecule has 90 valence electrons. The summed E-state index contributed by atoms with van der Waals surface area (Å²) >= 11 is 1.65. The van der Waals surface area contributed by atoms with Gasteiger partial charge in [0.2, 0.25) is 0 Å². The van der Waals surface area contributed by atoms with E-state index in [1.807, 2.05) is 0 Å². The van der Waals surface area contributed by atoms with Crippen LogP contribution in [0.5, 0.6) is 0 Å². The van der Waals surface area contributed by atoms with Gasteiger partial charge in [0.15, 0.2) is 0 Å². The molecule has 0 saturated carbocycles. The van der Waals surface area contributed by atoms with E-state index < -0.39 is 0 Å². The maximum absolute atomic E-state index is 5.62. The van der Waals surface area contributed by atoms with Gasteiger partial charge in [-0.05, 0) is 13.3 Å². The first-order valence-corrected chi connectivity index (χ1v) is 6.63. The van der Waals surface area contributed by atoms with Gasteiger partial charge in [-0.2, -0.15) is 0 Å². The molecular formula is C11H19N3OS. The van der Waals surface area contributed by atoms with Gasteiger partial charge in [-0.15, -0.1) is 11.3 Å². The summed E-state index contributed by atoms with van der Waals surface area (Å²) in [5.74, 6) is 0. The summed E-state index contributed by atoms with van der Waals surface area (Å²) in [4.78, 5) is 6.90. The number of rotatable bonds is 3. The monoisotopic (exact) mass is 241 g/mol. The second kappa shape index (κ2) is 5.72. The lowest BCUT2D eigenvalue weighted by atomic mass is 10.3. The predicted octanol–water partition coefficient (Wildman–Crippen LogP) is 1.21. The van der Waals surface area contributed by atoms with Gasteiger partial charge in [0.25, 0.3) is 0 Å². The molecule has 16 heavy (non-hydrogen) atoms. The zero-order chi connectivity index (χ0) is 11.4. The molecule has 0 spiro atoms. The zero-order valence-electron chi connectivity index (χ0n) is 9.69. The minimum absolute atomic E-state index is 0.329. The molecule has 0 radical (unpaired) electrons. The second-order valence-corrected chi connectivity index (χ2v) is 5.15. The third-order valence-electron chi connectivity index (χ3n) is 2.70. The standard InChI is InChI=1S/C11H19N3OS/c1-9-6-14(3-2-4-15-9)7-10-8-16-11(5-12)13-10/h8-9H,2-7,12H2,1H3. The van der Waals surface area contributed by atoms with E-state index in [0.717, 1.165) is 43.4 Å². The van der Waals surface area contributed by atoms with Crippen LogP contribution in [-0.2, 0) is 17.8 Å². The van der Waals surface area contributed by atoms with Crippen LogP contribution in [0.4, 0.5) is 0 Å². The van der Waals surface area contributed by atoms with E-state index >= 15 is 0 Å². The van der Waals surface area contributed by atoms with E-state index in [2.05, 4.69) is 22.2 Å². The first-order chi connectivity index (χ1) is 7.78. The first kappa shape index (κ1) is 12.0. The molecule has 1 unspecified atom stereocenters. The number of aromatic nitrogens is 1. The van der Waals surface area contributed by atoms with Crippen LogP contribution in [-0.4, -0.2) is 35.7 Å². The van der Waals surface area contributed by atoms with Crippen LogP contribution in [0.3, 0.4) is 0 Å². The molecule has 2 rings (SSSR count). The van der Waals surface area contributed by atoms with Crippen molar-refractivity contribution in [3.8, 4) is 0 Å². The van der Waals surface area contributed by atoms with Crippen LogP contribution in [0.25, 0.3) is 0 Å². The molecule has 2 N–H and O–H groups in total. The lowest BCUT2D eigenvalue weighted by Gasteiger charge is -2.20. The fourth-order valence-electron chi connectivity index (χ4n) is 1.97. The van der Waals surface area contributed by atoms with Crippen molar-refractivity contribution in [2.45, 2.75) is 32.5 Å². The Bertz CT molecular complexity index is 329. The van der Waals surface area contributed by atoms with E-state index in [1.54, 1.807) is 11.3 Å². The summed E-state index contributed by atoms with van der Waals surface area (Å²) in [6.07, 6.45) is 1.44. The Morgan fingerprint density at radius 1 is 1.69 bits per heavy atom. The maximum Gasteiger partial charge on any atom is 0.106 e. The maximum atomic E-state index is 5.62. The molecule has 4 nitrogen and oxygen atoms in total. The summed E-state index contributed by atoms with van der Waals surface area (Å²) < 4.78 is 5.62. The van der Waals surface area contributed by atoms with E-state index in [1.165, 1.54) is 0 Å². The zero-order valence-corrected chi connectivity index (χ0v) is 10.5. The third-order valence-corrected chi connectivity index (χ3v) is 3.62. The van der Waals surface area contributed by atoms with Gasteiger partial charge in [-0.25, -0.2) is 4.98 Å². The molecular weight excluding hydrogens is 222 g/mol. The predicted molar refractivity (Wildman–Crippen MR) is 65.3 cm³/mol. The minimum Gasteiger partial charge on any atom is -0.377 e. The summed E-state index contributed by atoms with van der Waals surface area (Å²) in [7, 11) is 0. The highest BCUT2D eigenvalue weighted by Crippen LogP contribution is 2.13. The molecule has 2 heterocycles. The van der Waals surface area contributed by atoms with Gasteiger partial charge in [0, 0.05) is 38.2 Å². The molecule has 1 atom stereocenters.